The van der Waals surface area contributed by atoms with Crippen LogP contribution in [-0.4, -0.2) is 34.6 Å². The van der Waals surface area contributed by atoms with E-state index in [9.17, 15) is 27.9 Å². The minimum Gasteiger partial charge on any atom is -0.496 e. The highest BCUT2D eigenvalue weighted by atomic mass is 19.4. The standard InChI is InChI=1S/C27H26F3N3O5/c1-16(34)17-7-10-23(21(13-17)27(28,29)30)38-19-9-8-18(31-15-19)14-32-25(36)26(11-12-26)33-24(35)20-5-3-4-6-22(20)37-2/h3-10,13,15-16,34H,11-12,14H2,1-2H3,(H,32,36)(H,33,35). The molecule has 4 rings (SSSR count). The predicted molar refractivity (Wildman–Crippen MR) is 131 cm³/mol. The number of pyridine rings is 1. The van der Waals surface area contributed by atoms with Gasteiger partial charge in [0.1, 0.15) is 22.8 Å². The van der Waals surface area contributed by atoms with Crippen molar-refractivity contribution in [2.45, 2.75) is 44.1 Å². The monoisotopic (exact) mass is 529 g/mol. The molecule has 3 N–H and O–H groups in total. The van der Waals surface area contributed by atoms with Crippen molar-refractivity contribution in [2.24, 2.45) is 0 Å². The third kappa shape index (κ3) is 6.05. The van der Waals surface area contributed by atoms with Crippen LogP contribution in [0.25, 0.3) is 0 Å². The summed E-state index contributed by atoms with van der Waals surface area (Å²) in [5, 5.41) is 15.1. The molecule has 38 heavy (non-hydrogen) atoms. The van der Waals surface area contributed by atoms with Gasteiger partial charge in [0.05, 0.1) is 42.8 Å². The minimum absolute atomic E-state index is 0.0439. The molecule has 1 atom stereocenters. The van der Waals surface area contributed by atoms with Gasteiger partial charge in [-0.2, -0.15) is 13.2 Å². The maximum atomic E-state index is 13.5. The van der Waals surface area contributed by atoms with Crippen molar-refractivity contribution >= 4 is 11.8 Å². The molecule has 1 aliphatic carbocycles. The molecule has 1 heterocycles. The van der Waals surface area contributed by atoms with Crippen molar-refractivity contribution in [3.05, 3.63) is 83.2 Å². The molecule has 11 heteroatoms. The summed E-state index contributed by atoms with van der Waals surface area (Å²) in [5.41, 5.74) is -1.16. The first-order chi connectivity index (χ1) is 18.0. The fraction of sp³-hybridized carbons (Fsp3) is 0.296. The van der Waals surface area contributed by atoms with Crippen LogP contribution in [0.15, 0.2) is 60.8 Å². The first-order valence-corrected chi connectivity index (χ1v) is 11.8. The Morgan fingerprint density at radius 2 is 1.84 bits per heavy atom. The van der Waals surface area contributed by atoms with Crippen molar-refractivity contribution in [2.75, 3.05) is 7.11 Å². The molecular weight excluding hydrogens is 503 g/mol. The molecule has 1 unspecified atom stereocenters. The summed E-state index contributed by atoms with van der Waals surface area (Å²) in [6, 6.07) is 13.0. The summed E-state index contributed by atoms with van der Waals surface area (Å²) < 4.78 is 51.1. The Labute approximate surface area is 216 Å². The van der Waals surface area contributed by atoms with Crippen LogP contribution >= 0.6 is 0 Å². The number of nitrogens with one attached hydrogen (secondary N) is 2. The number of hydrogen-bond acceptors (Lipinski definition) is 6. The van der Waals surface area contributed by atoms with Gasteiger partial charge in [-0.1, -0.05) is 18.2 Å². The summed E-state index contributed by atoms with van der Waals surface area (Å²) in [7, 11) is 1.46. The number of benzene rings is 2. The third-order valence-electron chi connectivity index (χ3n) is 6.14. The largest absolute Gasteiger partial charge is 0.496 e. The second-order valence-electron chi connectivity index (χ2n) is 8.94. The second-order valence-corrected chi connectivity index (χ2v) is 8.94. The topological polar surface area (TPSA) is 110 Å². The van der Waals surface area contributed by atoms with Crippen LogP contribution < -0.4 is 20.1 Å². The van der Waals surface area contributed by atoms with Crippen LogP contribution in [0.5, 0.6) is 17.2 Å². The van der Waals surface area contributed by atoms with Crippen LogP contribution in [0.2, 0.25) is 0 Å². The lowest BCUT2D eigenvalue weighted by atomic mass is 10.1. The van der Waals surface area contributed by atoms with Gasteiger partial charge in [0.2, 0.25) is 5.91 Å². The number of nitrogens with zero attached hydrogens (tertiary/aromatic N) is 1. The quantitative estimate of drug-likeness (QED) is 0.376. The number of hydrogen-bond donors (Lipinski definition) is 3. The van der Waals surface area contributed by atoms with Gasteiger partial charge in [-0.25, -0.2) is 0 Å². The van der Waals surface area contributed by atoms with Crippen LogP contribution in [0.4, 0.5) is 13.2 Å². The molecule has 0 bridgehead atoms. The summed E-state index contributed by atoms with van der Waals surface area (Å²) in [5.74, 6) is -0.747. The first-order valence-electron chi connectivity index (χ1n) is 11.8. The van der Waals surface area contributed by atoms with Crippen LogP contribution in [0.3, 0.4) is 0 Å². The zero-order valence-electron chi connectivity index (χ0n) is 20.6. The van der Waals surface area contributed by atoms with E-state index in [0.29, 0.717) is 29.8 Å². The van der Waals surface area contributed by atoms with Gasteiger partial charge in [0.25, 0.3) is 5.91 Å². The second kappa shape index (κ2) is 10.7. The highest BCUT2D eigenvalue weighted by molar-refractivity contribution is 6.02. The smallest absolute Gasteiger partial charge is 0.419 e. The number of aliphatic hydroxyl groups excluding tert-OH is 1. The summed E-state index contributed by atoms with van der Waals surface area (Å²) in [4.78, 5) is 29.7. The number of para-hydroxylation sites is 1. The van der Waals surface area contributed by atoms with Crippen LogP contribution in [0, 0.1) is 0 Å². The van der Waals surface area contributed by atoms with Gasteiger partial charge in [0, 0.05) is 0 Å². The molecule has 0 radical (unpaired) electrons. The Morgan fingerprint density at radius 1 is 1.11 bits per heavy atom. The molecule has 0 spiro atoms. The fourth-order valence-corrected chi connectivity index (χ4v) is 3.81. The average molecular weight is 530 g/mol. The van der Waals surface area contributed by atoms with Crippen LogP contribution in [-0.2, 0) is 17.5 Å². The molecule has 3 aromatic rings. The van der Waals surface area contributed by atoms with Crippen molar-refractivity contribution in [1.29, 1.82) is 0 Å². The molecule has 1 aromatic heterocycles. The van der Waals surface area contributed by atoms with E-state index in [2.05, 4.69) is 15.6 Å². The Bertz CT molecular complexity index is 1320. The number of rotatable bonds is 9. The minimum atomic E-state index is -4.68. The molecule has 200 valence electrons. The summed E-state index contributed by atoms with van der Waals surface area (Å²) in [6.07, 6.45) is -3.53. The number of ether oxygens (including phenoxy) is 2. The molecule has 0 saturated heterocycles. The lowest BCUT2D eigenvalue weighted by Gasteiger charge is -2.18. The number of aromatic nitrogens is 1. The van der Waals surface area contributed by atoms with E-state index < -0.39 is 35.0 Å². The fourth-order valence-electron chi connectivity index (χ4n) is 3.81. The molecule has 2 aromatic carbocycles. The zero-order valence-corrected chi connectivity index (χ0v) is 20.6. The van der Waals surface area contributed by atoms with Crippen molar-refractivity contribution < 1.29 is 37.3 Å². The summed E-state index contributed by atoms with van der Waals surface area (Å²) in [6.45, 7) is 1.42. The lowest BCUT2D eigenvalue weighted by molar-refractivity contribution is -0.138. The van der Waals surface area contributed by atoms with E-state index in [1.165, 1.54) is 38.4 Å². The van der Waals surface area contributed by atoms with Crippen molar-refractivity contribution in [3.8, 4) is 17.2 Å². The Hall–Kier alpha value is -4.12. The highest BCUT2D eigenvalue weighted by Crippen LogP contribution is 2.40. The number of carbonyl (C=O) groups is 2. The third-order valence-corrected chi connectivity index (χ3v) is 6.14. The summed E-state index contributed by atoms with van der Waals surface area (Å²) >= 11 is 0. The van der Waals surface area contributed by atoms with Gasteiger partial charge in [-0.05, 0) is 61.7 Å². The first kappa shape index (κ1) is 26.9. The van der Waals surface area contributed by atoms with E-state index in [1.807, 2.05) is 0 Å². The SMILES string of the molecule is COc1ccccc1C(=O)NC1(C(=O)NCc2ccc(Oc3ccc(C(C)O)cc3C(F)(F)F)cn2)CC1. The Morgan fingerprint density at radius 3 is 2.45 bits per heavy atom. The van der Waals surface area contributed by atoms with Gasteiger partial charge >= 0.3 is 6.18 Å². The number of methoxy groups -OCH3 is 1. The molecule has 8 nitrogen and oxygen atoms in total. The normalized spacial score (nSPS) is 14.8. The molecule has 0 aliphatic heterocycles. The van der Waals surface area contributed by atoms with Crippen LogP contribution in [0.1, 0.15) is 53.0 Å². The highest BCUT2D eigenvalue weighted by Gasteiger charge is 2.51. The Kier molecular flexibility index (Phi) is 7.58. The van der Waals surface area contributed by atoms with E-state index in [0.717, 1.165) is 12.1 Å². The van der Waals surface area contributed by atoms with E-state index in [4.69, 9.17) is 9.47 Å². The molecule has 1 aliphatic rings. The number of aliphatic hydroxyl groups is 1. The maximum absolute atomic E-state index is 13.5. The number of halogens is 3. The van der Waals surface area contributed by atoms with Gasteiger partial charge in [0.15, 0.2) is 0 Å². The van der Waals surface area contributed by atoms with Crippen molar-refractivity contribution in [1.82, 2.24) is 15.6 Å². The molecule has 2 amide bonds. The maximum Gasteiger partial charge on any atom is 0.419 e. The molecular formula is C27H26F3N3O5. The van der Waals surface area contributed by atoms with E-state index >= 15 is 0 Å². The average Bonchev–Trinajstić information content (AvgIpc) is 3.68. The van der Waals surface area contributed by atoms with Gasteiger partial charge in [-0.15, -0.1) is 0 Å². The number of alkyl halides is 3. The van der Waals surface area contributed by atoms with Gasteiger partial charge in [-0.3, -0.25) is 14.6 Å². The van der Waals surface area contributed by atoms with Gasteiger partial charge < -0.3 is 25.2 Å². The number of amides is 2. The van der Waals surface area contributed by atoms with E-state index in [1.54, 1.807) is 24.3 Å². The zero-order chi connectivity index (χ0) is 27.5. The predicted octanol–water partition coefficient (Wildman–Crippen LogP) is 4.53. The molecule has 1 saturated carbocycles. The van der Waals surface area contributed by atoms with E-state index in [-0.39, 0.29) is 23.8 Å². The Balaban J connectivity index is 1.37. The van der Waals surface area contributed by atoms with Crippen molar-refractivity contribution in [3.63, 3.8) is 0 Å². The lowest BCUT2D eigenvalue weighted by Crippen LogP contribution is -2.48. The number of carbonyl (C=O) groups excluding carboxylic acids is 2. The molecule has 1 fully saturated rings.